The average Bonchev–Trinajstić information content (AvgIpc) is 2.54. The number of halogens is 3. The molecule has 0 radical (unpaired) electrons. The van der Waals surface area contributed by atoms with Gasteiger partial charge in [-0.05, 0) is 54.1 Å². The van der Waals surface area contributed by atoms with E-state index in [0.29, 0.717) is 26.9 Å². The van der Waals surface area contributed by atoms with Crippen molar-refractivity contribution in [2.45, 2.75) is 0 Å². The van der Waals surface area contributed by atoms with Gasteiger partial charge in [0.1, 0.15) is 0 Å². The van der Waals surface area contributed by atoms with Gasteiger partial charge < -0.3 is 5.32 Å². The highest BCUT2D eigenvalue weighted by atomic mass is 79.9. The third-order valence-corrected chi connectivity index (χ3v) is 4.02. The number of amides is 1. The summed E-state index contributed by atoms with van der Waals surface area (Å²) in [5.41, 5.74) is 1.87. The molecule has 2 rings (SSSR count). The lowest BCUT2D eigenvalue weighted by Crippen LogP contribution is -2.12. The molecular weight excluding hydrogens is 401 g/mol. The number of ketones is 1. The van der Waals surface area contributed by atoms with Crippen LogP contribution in [0.5, 0.6) is 0 Å². The summed E-state index contributed by atoms with van der Waals surface area (Å²) in [4.78, 5) is 23.4. The maximum Gasteiger partial charge on any atom is 0.235 e. The summed E-state index contributed by atoms with van der Waals surface area (Å²) in [6, 6.07) is 11.7. The number of anilines is 1. The predicted octanol–water partition coefficient (Wildman–Crippen LogP) is 5.22. The van der Waals surface area contributed by atoms with Crippen LogP contribution in [0.25, 0.3) is 6.08 Å². The molecule has 6 heteroatoms. The lowest BCUT2D eigenvalue weighted by atomic mass is 10.1. The monoisotopic (exact) mass is 411 g/mol. The molecule has 2 aromatic rings. The first-order chi connectivity index (χ1) is 11.0. The third-order valence-electron chi connectivity index (χ3n) is 2.95. The molecule has 0 aliphatic rings. The Morgan fingerprint density at radius 3 is 2.39 bits per heavy atom. The second-order valence-electron chi connectivity index (χ2n) is 4.62. The van der Waals surface area contributed by atoms with Crippen molar-refractivity contribution in [2.75, 3.05) is 10.6 Å². The number of nitrogens with one attached hydrogen (secondary N) is 1. The van der Waals surface area contributed by atoms with Crippen LogP contribution in [-0.2, 0) is 4.79 Å². The highest BCUT2D eigenvalue weighted by Crippen LogP contribution is 2.22. The van der Waals surface area contributed by atoms with Gasteiger partial charge in [0.05, 0.1) is 5.33 Å². The molecule has 0 aliphatic carbocycles. The van der Waals surface area contributed by atoms with E-state index in [0.717, 1.165) is 0 Å². The molecular formula is C17H12BrCl2NO2. The van der Waals surface area contributed by atoms with Crippen LogP contribution in [0.15, 0.2) is 48.5 Å². The summed E-state index contributed by atoms with van der Waals surface area (Å²) in [6.07, 6.45) is 3.09. The maximum absolute atomic E-state index is 12.1. The van der Waals surface area contributed by atoms with Crippen LogP contribution >= 0.6 is 39.1 Å². The molecule has 0 fully saturated rings. The van der Waals surface area contributed by atoms with Gasteiger partial charge in [-0.15, -0.1) is 0 Å². The average molecular weight is 413 g/mol. The summed E-state index contributed by atoms with van der Waals surface area (Å²) in [7, 11) is 0. The summed E-state index contributed by atoms with van der Waals surface area (Å²) in [5.74, 6) is -0.310. The summed E-state index contributed by atoms with van der Waals surface area (Å²) in [6.45, 7) is 0. The number of alkyl halides is 1. The molecule has 1 amide bonds. The van der Waals surface area contributed by atoms with Crippen molar-refractivity contribution in [1.29, 1.82) is 0 Å². The minimum absolute atomic E-state index is 0.152. The van der Waals surface area contributed by atoms with E-state index in [1.165, 1.54) is 6.08 Å². The summed E-state index contributed by atoms with van der Waals surface area (Å²) >= 11 is 14.9. The molecule has 0 heterocycles. The Bertz CT molecular complexity index is 758. The number of hydrogen-bond donors (Lipinski definition) is 1. The van der Waals surface area contributed by atoms with Crippen LogP contribution in [0, 0.1) is 0 Å². The third kappa shape index (κ3) is 5.20. The second kappa shape index (κ2) is 8.29. The number of rotatable bonds is 5. The molecule has 118 valence electrons. The van der Waals surface area contributed by atoms with Crippen molar-refractivity contribution < 1.29 is 9.59 Å². The van der Waals surface area contributed by atoms with Gasteiger partial charge in [0.25, 0.3) is 0 Å². The van der Waals surface area contributed by atoms with Crippen molar-refractivity contribution in [3.8, 4) is 0 Å². The summed E-state index contributed by atoms with van der Waals surface area (Å²) < 4.78 is 0. The molecule has 0 atom stereocenters. The minimum atomic E-state index is -0.158. The van der Waals surface area contributed by atoms with Gasteiger partial charge in [-0.1, -0.05) is 45.2 Å². The van der Waals surface area contributed by atoms with Crippen LogP contribution in [0.1, 0.15) is 15.9 Å². The fourth-order valence-electron chi connectivity index (χ4n) is 1.81. The van der Waals surface area contributed by atoms with E-state index in [1.807, 2.05) is 0 Å². The van der Waals surface area contributed by atoms with Gasteiger partial charge in [-0.3, -0.25) is 9.59 Å². The van der Waals surface area contributed by atoms with Crippen molar-refractivity contribution in [3.05, 3.63) is 69.7 Å². The molecule has 0 aliphatic heterocycles. The number of hydrogen-bond acceptors (Lipinski definition) is 2. The molecule has 0 saturated heterocycles. The van der Waals surface area contributed by atoms with E-state index in [9.17, 15) is 9.59 Å². The van der Waals surface area contributed by atoms with Crippen LogP contribution in [-0.4, -0.2) is 17.0 Å². The Hall–Kier alpha value is -1.62. The smallest absolute Gasteiger partial charge is 0.235 e. The van der Waals surface area contributed by atoms with Gasteiger partial charge in [-0.2, -0.15) is 0 Å². The van der Waals surface area contributed by atoms with Crippen molar-refractivity contribution in [2.24, 2.45) is 0 Å². The Morgan fingerprint density at radius 1 is 1.09 bits per heavy atom. The first-order valence-electron chi connectivity index (χ1n) is 6.63. The molecule has 0 bridgehead atoms. The van der Waals surface area contributed by atoms with Crippen LogP contribution in [0.2, 0.25) is 10.0 Å². The van der Waals surface area contributed by atoms with Gasteiger partial charge in [0.2, 0.25) is 5.91 Å². The zero-order chi connectivity index (χ0) is 16.8. The first kappa shape index (κ1) is 17.7. The van der Waals surface area contributed by atoms with E-state index in [1.54, 1.807) is 48.5 Å². The van der Waals surface area contributed by atoms with Crippen LogP contribution < -0.4 is 5.32 Å². The fraction of sp³-hybridized carbons (Fsp3) is 0.0588. The zero-order valence-electron chi connectivity index (χ0n) is 11.9. The maximum atomic E-state index is 12.1. The normalized spacial score (nSPS) is 10.7. The lowest BCUT2D eigenvalue weighted by molar-refractivity contribution is -0.113. The highest BCUT2D eigenvalue weighted by molar-refractivity contribution is 9.09. The van der Waals surface area contributed by atoms with Gasteiger partial charge in [0.15, 0.2) is 5.78 Å². The molecule has 0 aromatic heterocycles. The summed E-state index contributed by atoms with van der Waals surface area (Å²) in [5, 5.41) is 3.93. The molecule has 23 heavy (non-hydrogen) atoms. The highest BCUT2D eigenvalue weighted by Gasteiger charge is 2.04. The van der Waals surface area contributed by atoms with Gasteiger partial charge >= 0.3 is 0 Å². The van der Waals surface area contributed by atoms with E-state index >= 15 is 0 Å². The van der Waals surface area contributed by atoms with Crippen LogP contribution in [0.3, 0.4) is 0 Å². The number of allylic oxidation sites excluding steroid dienone is 1. The van der Waals surface area contributed by atoms with Crippen molar-refractivity contribution in [1.82, 2.24) is 0 Å². The fourth-order valence-corrected chi connectivity index (χ4v) is 2.42. The van der Waals surface area contributed by atoms with E-state index in [-0.39, 0.29) is 17.0 Å². The number of carbonyl (C=O) groups excluding carboxylic acids is 2. The first-order valence-corrected chi connectivity index (χ1v) is 8.50. The zero-order valence-corrected chi connectivity index (χ0v) is 15.0. The molecule has 0 spiro atoms. The SMILES string of the molecule is O=C(CBr)Nc1ccc(C(=O)/C=C/c2ccc(Cl)cc2Cl)cc1. The second-order valence-corrected chi connectivity index (χ2v) is 6.03. The van der Waals surface area contributed by atoms with E-state index < -0.39 is 0 Å². The Morgan fingerprint density at radius 2 is 1.78 bits per heavy atom. The molecule has 1 N–H and O–H groups in total. The molecule has 0 unspecified atom stereocenters. The largest absolute Gasteiger partial charge is 0.325 e. The molecule has 2 aromatic carbocycles. The minimum Gasteiger partial charge on any atom is -0.325 e. The standard InChI is InChI=1S/C17H12BrCl2NO2/c18-10-17(23)21-14-6-2-12(3-7-14)16(22)8-4-11-1-5-13(19)9-15(11)20/h1-9H,10H2,(H,21,23)/b8-4+. The topological polar surface area (TPSA) is 46.2 Å². The Labute approximate surface area is 152 Å². The van der Waals surface area contributed by atoms with Crippen molar-refractivity contribution >= 4 is 62.6 Å². The molecule has 0 saturated carbocycles. The number of benzene rings is 2. The van der Waals surface area contributed by atoms with E-state index in [4.69, 9.17) is 23.2 Å². The number of carbonyl (C=O) groups is 2. The quantitative estimate of drug-likeness (QED) is 0.415. The molecule has 3 nitrogen and oxygen atoms in total. The van der Waals surface area contributed by atoms with Gasteiger partial charge in [-0.25, -0.2) is 0 Å². The van der Waals surface area contributed by atoms with Crippen molar-refractivity contribution in [3.63, 3.8) is 0 Å². The van der Waals surface area contributed by atoms with Crippen LogP contribution in [0.4, 0.5) is 5.69 Å². The van der Waals surface area contributed by atoms with Gasteiger partial charge in [0, 0.05) is 21.3 Å². The Kier molecular flexibility index (Phi) is 6.39. The Balaban J connectivity index is 2.08. The predicted molar refractivity (Wildman–Crippen MR) is 98.7 cm³/mol. The van der Waals surface area contributed by atoms with E-state index in [2.05, 4.69) is 21.2 Å². The lowest BCUT2D eigenvalue weighted by Gasteiger charge is -2.03.